The van der Waals surface area contributed by atoms with E-state index in [1.54, 1.807) is 0 Å². The quantitative estimate of drug-likeness (QED) is 0.387. The van der Waals surface area contributed by atoms with Crippen molar-refractivity contribution in [2.45, 2.75) is 111 Å². The van der Waals surface area contributed by atoms with Gasteiger partial charge in [-0.05, 0) is 80.0 Å². The molecule has 2 rings (SSSR count). The molecule has 2 fully saturated rings. The highest BCUT2D eigenvalue weighted by molar-refractivity contribution is 4.82. The van der Waals surface area contributed by atoms with Crippen molar-refractivity contribution in [3.8, 4) is 6.07 Å². The Morgan fingerprint density at radius 2 is 1.35 bits per heavy atom. The Labute approximate surface area is 164 Å². The van der Waals surface area contributed by atoms with Gasteiger partial charge >= 0.3 is 0 Å². The molecule has 0 bridgehead atoms. The fraction of sp³-hybridized carbons (Fsp3) is 0.960. The smallest absolute Gasteiger partial charge is 0.0621 e. The zero-order chi connectivity index (χ0) is 18.9. The SMILES string of the molecule is CC(C)CC1CCCC1CC(C)CC1CCCC(CC(C)CCC#N)C1. The van der Waals surface area contributed by atoms with Crippen molar-refractivity contribution in [1.29, 1.82) is 5.26 Å². The van der Waals surface area contributed by atoms with Gasteiger partial charge < -0.3 is 0 Å². The lowest BCUT2D eigenvalue weighted by atomic mass is 9.73. The highest BCUT2D eigenvalue weighted by Gasteiger charge is 2.30. The molecule has 6 unspecified atom stereocenters. The standard InChI is InChI=1S/C25H45N/c1-19(2)14-24-11-6-12-25(24)17-21(4)16-23-10-5-9-22(18-23)15-20(3)8-7-13-26/h19-25H,5-12,14-18H2,1-4H3. The van der Waals surface area contributed by atoms with Gasteiger partial charge in [0.25, 0.3) is 0 Å². The van der Waals surface area contributed by atoms with E-state index in [1.165, 1.54) is 70.6 Å². The highest BCUT2D eigenvalue weighted by atomic mass is 14.4. The second kappa shape index (κ2) is 11.4. The Kier molecular flexibility index (Phi) is 9.52. The first-order chi connectivity index (χ1) is 12.5. The molecule has 150 valence electrons. The van der Waals surface area contributed by atoms with Crippen molar-refractivity contribution in [2.24, 2.45) is 41.4 Å². The molecule has 0 aromatic heterocycles. The van der Waals surface area contributed by atoms with E-state index >= 15 is 0 Å². The van der Waals surface area contributed by atoms with Crippen molar-refractivity contribution in [3.63, 3.8) is 0 Å². The Morgan fingerprint density at radius 1 is 0.769 bits per heavy atom. The number of nitrogens with zero attached hydrogens (tertiary/aromatic N) is 1. The van der Waals surface area contributed by atoms with Crippen LogP contribution in [0.4, 0.5) is 0 Å². The van der Waals surface area contributed by atoms with Gasteiger partial charge in [0, 0.05) is 6.42 Å². The fourth-order valence-electron chi connectivity index (χ4n) is 6.35. The lowest BCUT2D eigenvalue weighted by Crippen LogP contribution is -2.21. The predicted molar refractivity (Wildman–Crippen MR) is 113 cm³/mol. The van der Waals surface area contributed by atoms with E-state index in [2.05, 4.69) is 33.8 Å². The molecule has 2 aliphatic carbocycles. The number of hydrogen-bond donors (Lipinski definition) is 0. The minimum Gasteiger partial charge on any atom is -0.198 e. The summed E-state index contributed by atoms with van der Waals surface area (Å²) in [4.78, 5) is 0. The van der Waals surface area contributed by atoms with E-state index in [9.17, 15) is 0 Å². The molecule has 0 heterocycles. The van der Waals surface area contributed by atoms with Crippen LogP contribution in [0.25, 0.3) is 0 Å². The summed E-state index contributed by atoms with van der Waals surface area (Å²) in [5, 5.41) is 8.80. The zero-order valence-corrected chi connectivity index (χ0v) is 18.2. The third kappa shape index (κ3) is 7.62. The van der Waals surface area contributed by atoms with Crippen LogP contribution >= 0.6 is 0 Å². The van der Waals surface area contributed by atoms with Gasteiger partial charge in [0.15, 0.2) is 0 Å². The molecule has 2 saturated carbocycles. The van der Waals surface area contributed by atoms with Gasteiger partial charge in [-0.3, -0.25) is 0 Å². The third-order valence-electron chi connectivity index (χ3n) is 7.41. The molecule has 0 aliphatic heterocycles. The van der Waals surface area contributed by atoms with E-state index in [4.69, 9.17) is 5.26 Å². The van der Waals surface area contributed by atoms with Crippen molar-refractivity contribution >= 4 is 0 Å². The summed E-state index contributed by atoms with van der Waals surface area (Å²) in [6.45, 7) is 9.71. The molecule has 26 heavy (non-hydrogen) atoms. The molecule has 2 aliphatic rings. The Hall–Kier alpha value is -0.510. The molecule has 1 heteroatoms. The summed E-state index contributed by atoms with van der Waals surface area (Å²) >= 11 is 0. The second-order valence-electron chi connectivity index (χ2n) is 10.6. The third-order valence-corrected chi connectivity index (χ3v) is 7.41. The maximum atomic E-state index is 8.80. The van der Waals surface area contributed by atoms with Crippen LogP contribution in [0, 0.1) is 52.8 Å². The molecule has 0 radical (unpaired) electrons. The topological polar surface area (TPSA) is 23.8 Å². The molecule has 0 saturated heterocycles. The van der Waals surface area contributed by atoms with Crippen LogP contribution < -0.4 is 0 Å². The van der Waals surface area contributed by atoms with Gasteiger partial charge in [0.05, 0.1) is 6.07 Å². The molecular weight excluding hydrogens is 314 g/mol. The average Bonchev–Trinajstić information content (AvgIpc) is 2.99. The number of nitriles is 1. The first-order valence-electron chi connectivity index (χ1n) is 11.8. The largest absolute Gasteiger partial charge is 0.198 e. The minimum atomic E-state index is 0.742. The minimum absolute atomic E-state index is 0.742. The molecule has 0 spiro atoms. The highest BCUT2D eigenvalue weighted by Crippen LogP contribution is 2.42. The van der Waals surface area contributed by atoms with E-state index in [0.29, 0.717) is 0 Å². The lowest BCUT2D eigenvalue weighted by molar-refractivity contribution is 0.187. The maximum Gasteiger partial charge on any atom is 0.0621 e. The first-order valence-corrected chi connectivity index (χ1v) is 11.8. The lowest BCUT2D eigenvalue weighted by Gasteiger charge is -2.33. The van der Waals surface area contributed by atoms with E-state index in [1.807, 2.05) is 0 Å². The fourth-order valence-corrected chi connectivity index (χ4v) is 6.35. The van der Waals surface area contributed by atoms with Crippen molar-refractivity contribution in [1.82, 2.24) is 0 Å². The van der Waals surface area contributed by atoms with Gasteiger partial charge in [-0.2, -0.15) is 5.26 Å². The summed E-state index contributed by atoms with van der Waals surface area (Å²) in [6, 6.07) is 2.32. The predicted octanol–water partition coefficient (Wildman–Crippen LogP) is 8.00. The second-order valence-corrected chi connectivity index (χ2v) is 10.6. The van der Waals surface area contributed by atoms with E-state index in [-0.39, 0.29) is 0 Å². The van der Waals surface area contributed by atoms with Gasteiger partial charge in [0.2, 0.25) is 0 Å². The number of hydrogen-bond acceptors (Lipinski definition) is 1. The number of rotatable bonds is 10. The summed E-state index contributed by atoms with van der Waals surface area (Å²) in [5.41, 5.74) is 0. The zero-order valence-electron chi connectivity index (χ0n) is 18.2. The molecule has 6 atom stereocenters. The van der Waals surface area contributed by atoms with Crippen LogP contribution in [0.3, 0.4) is 0 Å². The molecule has 1 nitrogen and oxygen atoms in total. The van der Waals surface area contributed by atoms with Crippen LogP contribution in [0.1, 0.15) is 111 Å². The van der Waals surface area contributed by atoms with Gasteiger partial charge in [-0.1, -0.05) is 66.2 Å². The molecule has 0 N–H and O–H groups in total. The first kappa shape index (κ1) is 21.8. The summed E-state index contributed by atoms with van der Waals surface area (Å²) < 4.78 is 0. The monoisotopic (exact) mass is 359 g/mol. The molecule has 0 amide bonds. The Bertz CT molecular complexity index is 420. The molecule has 0 aromatic carbocycles. The van der Waals surface area contributed by atoms with Crippen LogP contribution in [0.2, 0.25) is 0 Å². The summed E-state index contributed by atoms with van der Waals surface area (Å²) in [6.07, 6.45) is 18.0. The van der Waals surface area contributed by atoms with Gasteiger partial charge in [-0.25, -0.2) is 0 Å². The van der Waals surface area contributed by atoms with Crippen molar-refractivity contribution < 1.29 is 0 Å². The van der Waals surface area contributed by atoms with Crippen molar-refractivity contribution in [2.75, 3.05) is 0 Å². The van der Waals surface area contributed by atoms with E-state index < -0.39 is 0 Å². The van der Waals surface area contributed by atoms with Gasteiger partial charge in [-0.15, -0.1) is 0 Å². The van der Waals surface area contributed by atoms with Crippen LogP contribution in [0.15, 0.2) is 0 Å². The summed E-state index contributed by atoms with van der Waals surface area (Å²) in [5.74, 6) is 6.51. The Balaban J connectivity index is 1.72. The summed E-state index contributed by atoms with van der Waals surface area (Å²) in [7, 11) is 0. The van der Waals surface area contributed by atoms with Crippen LogP contribution in [0.5, 0.6) is 0 Å². The van der Waals surface area contributed by atoms with Crippen LogP contribution in [-0.4, -0.2) is 0 Å². The van der Waals surface area contributed by atoms with Gasteiger partial charge in [0.1, 0.15) is 0 Å². The normalized spacial score (nSPS) is 31.7. The maximum absolute atomic E-state index is 8.80. The van der Waals surface area contributed by atoms with E-state index in [0.717, 1.165) is 54.3 Å². The molecular formula is C25H45N. The average molecular weight is 360 g/mol. The van der Waals surface area contributed by atoms with Crippen molar-refractivity contribution in [3.05, 3.63) is 0 Å². The Morgan fingerprint density at radius 3 is 1.96 bits per heavy atom. The van der Waals surface area contributed by atoms with Crippen LogP contribution in [-0.2, 0) is 0 Å². The molecule has 0 aromatic rings.